The first-order valence-corrected chi connectivity index (χ1v) is 6.83. The summed E-state index contributed by atoms with van der Waals surface area (Å²) in [6.45, 7) is 0. The molecule has 1 amide bonds. The molecular formula is C16H10ClF3N2O. The van der Waals surface area contributed by atoms with Crippen molar-refractivity contribution in [2.24, 2.45) is 0 Å². The van der Waals surface area contributed by atoms with Crippen LogP contribution in [0.3, 0.4) is 0 Å². The van der Waals surface area contributed by atoms with E-state index < -0.39 is 17.6 Å². The van der Waals surface area contributed by atoms with Crippen LogP contribution in [0.15, 0.2) is 42.5 Å². The van der Waals surface area contributed by atoms with Crippen LogP contribution < -0.4 is 5.32 Å². The third-order valence-electron chi connectivity index (χ3n) is 2.99. The van der Waals surface area contributed by atoms with Crippen LogP contribution in [0.4, 0.5) is 18.9 Å². The van der Waals surface area contributed by atoms with Crippen LogP contribution in [0.25, 0.3) is 0 Å². The fraction of sp³-hybridized carbons (Fsp3) is 0.125. The first-order chi connectivity index (χ1) is 10.8. The average molecular weight is 339 g/mol. The number of carbonyl (C=O) groups is 1. The summed E-state index contributed by atoms with van der Waals surface area (Å²) in [6, 6.07) is 10.8. The normalized spacial score (nSPS) is 10.9. The number of hydrogen-bond donors (Lipinski definition) is 1. The molecule has 0 spiro atoms. The molecule has 7 heteroatoms. The zero-order chi connectivity index (χ0) is 17.0. The molecule has 0 saturated heterocycles. The van der Waals surface area contributed by atoms with Crippen LogP contribution in [0.1, 0.15) is 16.7 Å². The number of nitriles is 1. The van der Waals surface area contributed by atoms with Crippen LogP contribution in [0, 0.1) is 11.3 Å². The second-order valence-electron chi connectivity index (χ2n) is 4.73. The van der Waals surface area contributed by atoms with Crippen molar-refractivity contribution in [2.75, 3.05) is 5.32 Å². The lowest BCUT2D eigenvalue weighted by Gasteiger charge is -2.09. The van der Waals surface area contributed by atoms with Gasteiger partial charge in [-0.25, -0.2) is 0 Å². The standard InChI is InChI=1S/C16H10ClF3N2O/c17-14-5-4-13(8-11(14)9-21)22-15(23)7-10-2-1-3-12(6-10)16(18,19)20/h1-6,8H,7H2,(H,22,23). The summed E-state index contributed by atoms with van der Waals surface area (Å²) in [7, 11) is 0. The Morgan fingerprint density at radius 2 is 1.96 bits per heavy atom. The molecule has 1 N–H and O–H groups in total. The van der Waals surface area contributed by atoms with Crippen LogP contribution in [-0.4, -0.2) is 5.91 Å². The van der Waals surface area contributed by atoms with Gasteiger partial charge in [-0.05, 0) is 29.8 Å². The van der Waals surface area contributed by atoms with Crippen molar-refractivity contribution < 1.29 is 18.0 Å². The molecular weight excluding hydrogens is 329 g/mol. The Bertz CT molecular complexity index is 782. The molecule has 118 valence electrons. The molecule has 0 unspecified atom stereocenters. The summed E-state index contributed by atoms with van der Waals surface area (Å²) in [5, 5.41) is 11.6. The van der Waals surface area contributed by atoms with Gasteiger partial charge in [0.05, 0.1) is 22.6 Å². The second-order valence-corrected chi connectivity index (χ2v) is 5.14. The van der Waals surface area contributed by atoms with Gasteiger partial charge in [0.15, 0.2) is 0 Å². The molecule has 0 aliphatic heterocycles. The highest BCUT2D eigenvalue weighted by Gasteiger charge is 2.30. The van der Waals surface area contributed by atoms with Gasteiger partial charge in [-0.15, -0.1) is 0 Å². The quantitative estimate of drug-likeness (QED) is 0.901. The van der Waals surface area contributed by atoms with Gasteiger partial charge in [0, 0.05) is 5.69 Å². The molecule has 0 aliphatic carbocycles. The minimum absolute atomic E-state index is 0.198. The highest BCUT2D eigenvalue weighted by molar-refractivity contribution is 6.31. The number of halogens is 4. The van der Waals surface area contributed by atoms with Gasteiger partial charge in [-0.1, -0.05) is 29.8 Å². The monoisotopic (exact) mass is 338 g/mol. The summed E-state index contributed by atoms with van der Waals surface area (Å²) < 4.78 is 37.9. The molecule has 0 aromatic heterocycles. The smallest absolute Gasteiger partial charge is 0.326 e. The average Bonchev–Trinajstić information content (AvgIpc) is 2.48. The Morgan fingerprint density at radius 3 is 2.61 bits per heavy atom. The van der Waals surface area contributed by atoms with E-state index in [4.69, 9.17) is 16.9 Å². The lowest BCUT2D eigenvalue weighted by Crippen LogP contribution is -2.15. The molecule has 0 radical (unpaired) electrons. The molecule has 0 fully saturated rings. The van der Waals surface area contributed by atoms with Crippen molar-refractivity contribution >= 4 is 23.2 Å². The molecule has 0 bridgehead atoms. The molecule has 2 aromatic carbocycles. The Hall–Kier alpha value is -2.52. The van der Waals surface area contributed by atoms with E-state index in [1.165, 1.54) is 30.3 Å². The van der Waals surface area contributed by atoms with E-state index in [0.29, 0.717) is 5.69 Å². The van der Waals surface area contributed by atoms with E-state index in [-0.39, 0.29) is 22.6 Å². The Morgan fingerprint density at radius 1 is 1.22 bits per heavy atom. The van der Waals surface area contributed by atoms with Gasteiger partial charge in [0.1, 0.15) is 6.07 Å². The molecule has 2 aromatic rings. The Labute approximate surface area is 135 Å². The minimum atomic E-state index is -4.45. The summed E-state index contributed by atoms with van der Waals surface area (Å²) in [6.07, 6.45) is -4.67. The van der Waals surface area contributed by atoms with Crippen molar-refractivity contribution in [3.05, 3.63) is 64.2 Å². The number of alkyl halides is 3. The van der Waals surface area contributed by atoms with E-state index in [1.54, 1.807) is 0 Å². The fourth-order valence-corrected chi connectivity index (χ4v) is 2.10. The Kier molecular flexibility index (Phi) is 4.92. The van der Waals surface area contributed by atoms with Crippen LogP contribution in [0.5, 0.6) is 0 Å². The summed E-state index contributed by atoms with van der Waals surface area (Å²) in [4.78, 5) is 11.9. The van der Waals surface area contributed by atoms with Gasteiger partial charge in [-0.3, -0.25) is 4.79 Å². The van der Waals surface area contributed by atoms with Crippen molar-refractivity contribution in [3.63, 3.8) is 0 Å². The van der Waals surface area contributed by atoms with Gasteiger partial charge in [0.25, 0.3) is 0 Å². The minimum Gasteiger partial charge on any atom is -0.326 e. The van der Waals surface area contributed by atoms with Gasteiger partial charge >= 0.3 is 6.18 Å². The third-order valence-corrected chi connectivity index (χ3v) is 3.32. The molecule has 0 saturated carbocycles. The molecule has 3 nitrogen and oxygen atoms in total. The van der Waals surface area contributed by atoms with Gasteiger partial charge in [0.2, 0.25) is 5.91 Å². The van der Waals surface area contributed by atoms with Crippen molar-refractivity contribution in [3.8, 4) is 6.07 Å². The topological polar surface area (TPSA) is 52.9 Å². The highest BCUT2D eigenvalue weighted by atomic mass is 35.5. The lowest BCUT2D eigenvalue weighted by molar-refractivity contribution is -0.137. The van der Waals surface area contributed by atoms with E-state index in [0.717, 1.165) is 12.1 Å². The Balaban J connectivity index is 2.10. The number of hydrogen-bond acceptors (Lipinski definition) is 2. The van der Waals surface area contributed by atoms with E-state index in [9.17, 15) is 18.0 Å². The summed E-state index contributed by atoms with van der Waals surface area (Å²) in [5.41, 5.74) is -0.0145. The first kappa shape index (κ1) is 16.8. The van der Waals surface area contributed by atoms with Crippen molar-refractivity contribution in [2.45, 2.75) is 12.6 Å². The van der Waals surface area contributed by atoms with Gasteiger partial charge < -0.3 is 5.32 Å². The molecule has 2 rings (SSSR count). The number of amides is 1. The predicted molar refractivity (Wildman–Crippen MR) is 79.9 cm³/mol. The molecule has 23 heavy (non-hydrogen) atoms. The lowest BCUT2D eigenvalue weighted by atomic mass is 10.1. The zero-order valence-corrected chi connectivity index (χ0v) is 12.4. The SMILES string of the molecule is N#Cc1cc(NC(=O)Cc2cccc(C(F)(F)F)c2)ccc1Cl. The number of anilines is 1. The van der Waals surface area contributed by atoms with Crippen LogP contribution >= 0.6 is 11.6 Å². The van der Waals surface area contributed by atoms with E-state index >= 15 is 0 Å². The molecule has 0 heterocycles. The number of benzene rings is 2. The van der Waals surface area contributed by atoms with Gasteiger partial charge in [-0.2, -0.15) is 18.4 Å². The number of nitrogens with zero attached hydrogens (tertiary/aromatic N) is 1. The maximum atomic E-state index is 12.6. The van der Waals surface area contributed by atoms with Crippen LogP contribution in [0.2, 0.25) is 5.02 Å². The largest absolute Gasteiger partial charge is 0.416 e. The fourth-order valence-electron chi connectivity index (χ4n) is 1.94. The van der Waals surface area contributed by atoms with E-state index in [2.05, 4.69) is 5.32 Å². The summed E-state index contributed by atoms with van der Waals surface area (Å²) >= 11 is 5.78. The first-order valence-electron chi connectivity index (χ1n) is 6.45. The molecule has 0 atom stereocenters. The maximum Gasteiger partial charge on any atom is 0.416 e. The zero-order valence-electron chi connectivity index (χ0n) is 11.6. The maximum absolute atomic E-state index is 12.6. The predicted octanol–water partition coefficient (Wildman–Crippen LogP) is 4.41. The summed E-state index contributed by atoms with van der Waals surface area (Å²) in [5.74, 6) is -0.490. The van der Waals surface area contributed by atoms with Crippen LogP contribution in [-0.2, 0) is 17.4 Å². The number of rotatable bonds is 3. The number of nitrogens with one attached hydrogen (secondary N) is 1. The molecule has 0 aliphatic rings. The second kappa shape index (κ2) is 6.71. The highest BCUT2D eigenvalue weighted by Crippen LogP contribution is 2.29. The van der Waals surface area contributed by atoms with E-state index in [1.807, 2.05) is 6.07 Å². The van der Waals surface area contributed by atoms with Crippen molar-refractivity contribution in [1.82, 2.24) is 0 Å². The van der Waals surface area contributed by atoms with Crippen molar-refractivity contribution in [1.29, 1.82) is 5.26 Å². The third kappa shape index (κ3) is 4.47. The number of carbonyl (C=O) groups excluding carboxylic acids is 1.